The predicted molar refractivity (Wildman–Crippen MR) is 81.5 cm³/mol. The Kier molecular flexibility index (Phi) is 4.99. The number of hydrazine groups is 1. The van der Waals surface area contributed by atoms with E-state index in [1.54, 1.807) is 24.3 Å². The van der Waals surface area contributed by atoms with Crippen LogP contribution in [0.4, 0.5) is 0 Å². The summed E-state index contributed by atoms with van der Waals surface area (Å²) in [5.74, 6) is -0.0748. The summed E-state index contributed by atoms with van der Waals surface area (Å²) in [5.41, 5.74) is 1.21. The Balaban J connectivity index is 2.05. The van der Waals surface area contributed by atoms with Gasteiger partial charge in [0.1, 0.15) is 0 Å². The van der Waals surface area contributed by atoms with E-state index in [1.165, 1.54) is 0 Å². The molecule has 1 aromatic rings. The Morgan fingerprint density at radius 3 is 2.33 bits per heavy atom. The molecule has 0 aliphatic carbocycles. The van der Waals surface area contributed by atoms with Crippen LogP contribution in [0.5, 0.6) is 0 Å². The maximum Gasteiger partial charge on any atom is 0.228 e. The number of rotatable bonds is 4. The van der Waals surface area contributed by atoms with Gasteiger partial charge in [0.25, 0.3) is 0 Å². The fourth-order valence-corrected chi connectivity index (χ4v) is 4.07. The lowest BCUT2D eigenvalue weighted by molar-refractivity contribution is 0.0790. The average Bonchev–Trinajstić information content (AvgIpc) is 2.43. The van der Waals surface area contributed by atoms with Crippen molar-refractivity contribution in [2.24, 2.45) is 0 Å². The van der Waals surface area contributed by atoms with Gasteiger partial charge < -0.3 is 0 Å². The molecule has 1 aliphatic heterocycles. The topological polar surface area (TPSA) is 73.2 Å². The molecule has 1 fully saturated rings. The van der Waals surface area contributed by atoms with E-state index in [-0.39, 0.29) is 17.8 Å². The van der Waals surface area contributed by atoms with Crippen molar-refractivity contribution in [2.45, 2.75) is 50.9 Å². The van der Waals surface area contributed by atoms with Crippen LogP contribution in [0.1, 0.15) is 44.2 Å². The van der Waals surface area contributed by atoms with E-state index in [0.717, 1.165) is 19.3 Å². The highest BCUT2D eigenvalue weighted by Gasteiger charge is 2.28. The van der Waals surface area contributed by atoms with Gasteiger partial charge in [0.05, 0.1) is 17.4 Å². The molecule has 21 heavy (non-hydrogen) atoms. The van der Waals surface area contributed by atoms with E-state index in [0.29, 0.717) is 11.1 Å². The van der Waals surface area contributed by atoms with Crippen LogP contribution in [-0.2, 0) is 15.8 Å². The summed E-state index contributed by atoms with van der Waals surface area (Å²) in [6, 6.07) is 9.08. The second kappa shape index (κ2) is 6.56. The molecule has 0 bridgehead atoms. The van der Waals surface area contributed by atoms with E-state index < -0.39 is 10.0 Å². The van der Waals surface area contributed by atoms with Crippen LogP contribution in [0, 0.1) is 11.3 Å². The third-order valence-electron chi connectivity index (χ3n) is 3.88. The van der Waals surface area contributed by atoms with Gasteiger partial charge in [-0.25, -0.2) is 13.4 Å². The third-order valence-corrected chi connectivity index (χ3v) is 5.08. The highest BCUT2D eigenvalue weighted by molar-refractivity contribution is 7.88. The molecule has 2 unspecified atom stereocenters. The van der Waals surface area contributed by atoms with Gasteiger partial charge in [0, 0.05) is 12.1 Å². The number of piperidine rings is 1. The van der Waals surface area contributed by atoms with Gasteiger partial charge >= 0.3 is 0 Å². The van der Waals surface area contributed by atoms with Crippen molar-refractivity contribution in [2.75, 3.05) is 0 Å². The van der Waals surface area contributed by atoms with Crippen LogP contribution >= 0.6 is 0 Å². The Morgan fingerprint density at radius 2 is 1.81 bits per heavy atom. The lowest BCUT2D eigenvalue weighted by Crippen LogP contribution is -2.54. The van der Waals surface area contributed by atoms with Crippen LogP contribution < -0.4 is 4.83 Å². The smallest absolute Gasteiger partial charge is 0.225 e. The normalized spacial score (nSPS) is 23.7. The Hall–Kier alpha value is -1.42. The molecular formula is C15H21N3O2S. The number of nitrogens with one attached hydrogen (secondary N) is 1. The first-order chi connectivity index (χ1) is 9.91. The van der Waals surface area contributed by atoms with Crippen LogP contribution in [0.25, 0.3) is 0 Å². The van der Waals surface area contributed by atoms with E-state index in [9.17, 15) is 8.42 Å². The minimum atomic E-state index is -3.43. The molecule has 1 N–H and O–H groups in total. The second-order valence-electron chi connectivity index (χ2n) is 5.70. The Labute approximate surface area is 126 Å². The Bertz CT molecular complexity index is 609. The summed E-state index contributed by atoms with van der Waals surface area (Å²) < 4.78 is 24.6. The minimum Gasteiger partial charge on any atom is -0.225 e. The molecule has 0 aromatic heterocycles. The number of hydrogen-bond donors (Lipinski definition) is 1. The summed E-state index contributed by atoms with van der Waals surface area (Å²) in [4.78, 5) is 2.71. The standard InChI is InChI=1S/C15H21N3O2S/c1-12-4-3-5-13(2)18(12)17-21(19,20)11-15-8-6-14(10-16)7-9-15/h6-9,12-13,17H,3-5,11H2,1-2H3. The molecule has 6 heteroatoms. The fourth-order valence-electron chi connectivity index (χ4n) is 2.69. The first kappa shape index (κ1) is 16.0. The lowest BCUT2D eigenvalue weighted by atomic mass is 10.0. The van der Waals surface area contributed by atoms with Gasteiger partial charge in [0.15, 0.2) is 0 Å². The largest absolute Gasteiger partial charge is 0.228 e. The zero-order valence-corrected chi connectivity index (χ0v) is 13.2. The molecule has 114 valence electrons. The van der Waals surface area contributed by atoms with Crippen LogP contribution in [0.2, 0.25) is 0 Å². The molecule has 1 aliphatic rings. The second-order valence-corrected chi connectivity index (χ2v) is 7.40. The molecule has 1 saturated heterocycles. The van der Waals surface area contributed by atoms with Crippen molar-refractivity contribution in [3.63, 3.8) is 0 Å². The van der Waals surface area contributed by atoms with Crippen molar-refractivity contribution in [1.29, 1.82) is 5.26 Å². The number of nitrogens with zero attached hydrogens (tertiary/aromatic N) is 2. The third kappa shape index (κ3) is 4.27. The molecule has 0 radical (unpaired) electrons. The van der Waals surface area contributed by atoms with E-state index in [1.807, 2.05) is 24.9 Å². The van der Waals surface area contributed by atoms with Crippen molar-refractivity contribution in [3.8, 4) is 6.07 Å². The fraction of sp³-hybridized carbons (Fsp3) is 0.533. The highest BCUT2D eigenvalue weighted by atomic mass is 32.2. The van der Waals surface area contributed by atoms with Gasteiger partial charge in [-0.15, -0.1) is 4.83 Å². The van der Waals surface area contributed by atoms with Crippen LogP contribution in [0.15, 0.2) is 24.3 Å². The van der Waals surface area contributed by atoms with Crippen molar-refractivity contribution < 1.29 is 8.42 Å². The molecule has 1 heterocycles. The zero-order chi connectivity index (χ0) is 15.5. The van der Waals surface area contributed by atoms with Crippen molar-refractivity contribution in [1.82, 2.24) is 9.84 Å². The maximum absolute atomic E-state index is 12.3. The summed E-state index contributed by atoms with van der Waals surface area (Å²) in [6.07, 6.45) is 3.14. The summed E-state index contributed by atoms with van der Waals surface area (Å²) in [7, 11) is -3.43. The summed E-state index contributed by atoms with van der Waals surface area (Å²) in [5, 5.41) is 10.6. The molecule has 2 rings (SSSR count). The molecule has 0 amide bonds. The molecule has 0 spiro atoms. The monoisotopic (exact) mass is 307 g/mol. The number of sulfonamides is 1. The van der Waals surface area contributed by atoms with Crippen LogP contribution in [-0.4, -0.2) is 25.5 Å². The van der Waals surface area contributed by atoms with Crippen molar-refractivity contribution in [3.05, 3.63) is 35.4 Å². The minimum absolute atomic E-state index is 0.0748. The summed E-state index contributed by atoms with van der Waals surface area (Å²) in [6.45, 7) is 4.08. The van der Waals surface area contributed by atoms with Crippen LogP contribution in [0.3, 0.4) is 0 Å². The maximum atomic E-state index is 12.3. The molecule has 2 atom stereocenters. The molecule has 0 saturated carbocycles. The summed E-state index contributed by atoms with van der Waals surface area (Å²) >= 11 is 0. The van der Waals surface area contributed by atoms with E-state index in [4.69, 9.17) is 5.26 Å². The van der Waals surface area contributed by atoms with Gasteiger partial charge in [-0.2, -0.15) is 5.26 Å². The first-order valence-corrected chi connectivity index (χ1v) is 8.84. The zero-order valence-electron chi connectivity index (χ0n) is 12.4. The average molecular weight is 307 g/mol. The molecular weight excluding hydrogens is 286 g/mol. The predicted octanol–water partition coefficient (Wildman–Crippen LogP) is 2.16. The lowest BCUT2D eigenvalue weighted by Gasteiger charge is -2.38. The van der Waals surface area contributed by atoms with Gasteiger partial charge in [-0.1, -0.05) is 18.6 Å². The van der Waals surface area contributed by atoms with Gasteiger partial charge in [-0.05, 0) is 44.4 Å². The van der Waals surface area contributed by atoms with Gasteiger partial charge in [0.2, 0.25) is 10.0 Å². The number of nitriles is 1. The van der Waals surface area contributed by atoms with E-state index >= 15 is 0 Å². The quantitative estimate of drug-likeness (QED) is 0.925. The van der Waals surface area contributed by atoms with Gasteiger partial charge in [-0.3, -0.25) is 0 Å². The first-order valence-electron chi connectivity index (χ1n) is 7.19. The number of hydrogen-bond acceptors (Lipinski definition) is 4. The van der Waals surface area contributed by atoms with E-state index in [2.05, 4.69) is 4.83 Å². The highest BCUT2D eigenvalue weighted by Crippen LogP contribution is 2.21. The van der Waals surface area contributed by atoms with Crippen molar-refractivity contribution >= 4 is 10.0 Å². The molecule has 5 nitrogen and oxygen atoms in total. The molecule has 1 aromatic carbocycles. The SMILES string of the molecule is CC1CCCC(C)N1NS(=O)(=O)Cc1ccc(C#N)cc1. The number of benzene rings is 1. The Morgan fingerprint density at radius 1 is 1.24 bits per heavy atom.